The highest BCUT2D eigenvalue weighted by Gasteiger charge is 2.22. The third kappa shape index (κ3) is 4.89. The topological polar surface area (TPSA) is 78.4 Å². The third-order valence-corrected chi connectivity index (χ3v) is 6.43. The molecule has 1 aliphatic heterocycles. The lowest BCUT2D eigenvalue weighted by Gasteiger charge is -2.34. The molecule has 4 rings (SSSR count). The Morgan fingerprint density at radius 1 is 1.07 bits per heavy atom. The lowest BCUT2D eigenvalue weighted by molar-refractivity contribution is -0.133. The quantitative estimate of drug-likeness (QED) is 0.654. The summed E-state index contributed by atoms with van der Waals surface area (Å²) >= 11 is 7.84. The molecule has 0 saturated carbocycles. The van der Waals surface area contributed by atoms with Gasteiger partial charge in [0.2, 0.25) is 5.91 Å². The van der Waals surface area contributed by atoms with E-state index >= 15 is 0 Å². The van der Waals surface area contributed by atoms with Crippen molar-refractivity contribution in [3.05, 3.63) is 79.4 Å². The molecular formula is C21H21ClN4O3S. The summed E-state index contributed by atoms with van der Waals surface area (Å²) in [6.07, 6.45) is 1.35. The highest BCUT2D eigenvalue weighted by atomic mass is 35.5. The van der Waals surface area contributed by atoms with Crippen LogP contribution < -0.4 is 11.2 Å². The van der Waals surface area contributed by atoms with Gasteiger partial charge in [-0.3, -0.25) is 24.0 Å². The molecule has 30 heavy (non-hydrogen) atoms. The van der Waals surface area contributed by atoms with Crippen LogP contribution in [0.2, 0.25) is 5.02 Å². The smallest absolute Gasteiger partial charge is 0.328 e. The predicted octanol–water partition coefficient (Wildman–Crippen LogP) is 2.26. The summed E-state index contributed by atoms with van der Waals surface area (Å²) in [5.41, 5.74) is 0.0822. The summed E-state index contributed by atoms with van der Waals surface area (Å²) in [5.74, 6) is -0.122. The van der Waals surface area contributed by atoms with Crippen molar-refractivity contribution in [2.45, 2.75) is 13.1 Å². The van der Waals surface area contributed by atoms with Crippen molar-refractivity contribution in [2.24, 2.45) is 0 Å². The van der Waals surface area contributed by atoms with Gasteiger partial charge < -0.3 is 4.90 Å². The van der Waals surface area contributed by atoms with Crippen molar-refractivity contribution in [1.82, 2.24) is 19.4 Å². The molecule has 1 aliphatic rings. The van der Waals surface area contributed by atoms with Gasteiger partial charge in [-0.2, -0.15) is 0 Å². The van der Waals surface area contributed by atoms with Gasteiger partial charge in [0.1, 0.15) is 6.54 Å². The van der Waals surface area contributed by atoms with Gasteiger partial charge in [-0.15, -0.1) is 11.3 Å². The van der Waals surface area contributed by atoms with Crippen LogP contribution in [0.3, 0.4) is 0 Å². The molecule has 2 aromatic heterocycles. The molecule has 3 heterocycles. The Hall–Kier alpha value is -2.68. The molecular weight excluding hydrogens is 424 g/mol. The van der Waals surface area contributed by atoms with Gasteiger partial charge in [-0.25, -0.2) is 4.79 Å². The minimum atomic E-state index is -0.567. The number of benzene rings is 1. The van der Waals surface area contributed by atoms with Crippen molar-refractivity contribution >= 4 is 28.8 Å². The molecule has 0 atom stereocenters. The standard InChI is InChI=1S/C21H21ClN4O3S/c22-16-3-1-2-15(12-16)18-5-4-17(30-18)13-24-8-10-25(11-9-24)20(28)14-26-7-6-19(27)23-21(26)29/h1-7,12H,8-11,13-14H2,(H,23,27,29). The van der Waals surface area contributed by atoms with Gasteiger partial charge in [-0.05, 0) is 29.8 Å². The maximum absolute atomic E-state index is 12.5. The Morgan fingerprint density at radius 3 is 2.60 bits per heavy atom. The highest BCUT2D eigenvalue weighted by molar-refractivity contribution is 7.15. The average molecular weight is 445 g/mol. The first-order valence-electron chi connectivity index (χ1n) is 9.62. The largest absolute Gasteiger partial charge is 0.339 e. The fourth-order valence-electron chi connectivity index (χ4n) is 3.45. The highest BCUT2D eigenvalue weighted by Crippen LogP contribution is 2.30. The fourth-order valence-corrected chi connectivity index (χ4v) is 4.69. The Kier molecular flexibility index (Phi) is 6.17. The second-order valence-electron chi connectivity index (χ2n) is 7.17. The number of nitrogens with zero attached hydrogens (tertiary/aromatic N) is 3. The molecule has 0 aliphatic carbocycles. The van der Waals surface area contributed by atoms with Crippen LogP contribution in [0.4, 0.5) is 0 Å². The summed E-state index contributed by atoms with van der Waals surface area (Å²) in [6, 6.07) is 13.3. The summed E-state index contributed by atoms with van der Waals surface area (Å²) in [7, 11) is 0. The number of rotatable bonds is 5. The number of H-pyrrole nitrogens is 1. The van der Waals surface area contributed by atoms with Crippen LogP contribution in [0.5, 0.6) is 0 Å². The SMILES string of the molecule is O=C(Cn1ccc(=O)[nH]c1=O)N1CCN(Cc2ccc(-c3cccc(Cl)c3)s2)CC1. The van der Waals surface area contributed by atoms with Crippen molar-refractivity contribution in [2.75, 3.05) is 26.2 Å². The normalized spacial score (nSPS) is 14.8. The molecule has 9 heteroatoms. The van der Waals surface area contributed by atoms with Gasteiger partial charge >= 0.3 is 5.69 Å². The molecule has 0 spiro atoms. The molecule has 1 fully saturated rings. The Morgan fingerprint density at radius 2 is 1.87 bits per heavy atom. The van der Waals surface area contributed by atoms with Gasteiger partial charge in [0.25, 0.3) is 5.56 Å². The monoisotopic (exact) mass is 444 g/mol. The zero-order valence-corrected chi connectivity index (χ0v) is 17.8. The van der Waals surface area contributed by atoms with E-state index < -0.39 is 11.2 Å². The molecule has 0 unspecified atom stereocenters. The van der Waals surface area contributed by atoms with E-state index in [4.69, 9.17) is 11.6 Å². The lowest BCUT2D eigenvalue weighted by atomic mass is 10.2. The average Bonchev–Trinajstić information content (AvgIpc) is 3.19. The molecule has 1 N–H and O–H groups in total. The van der Waals surface area contributed by atoms with Crippen LogP contribution in [-0.4, -0.2) is 51.4 Å². The van der Waals surface area contributed by atoms with E-state index in [1.54, 1.807) is 16.2 Å². The Balaban J connectivity index is 1.31. The van der Waals surface area contributed by atoms with E-state index in [1.807, 2.05) is 18.2 Å². The Bertz CT molecular complexity index is 1160. The molecule has 1 aromatic carbocycles. The van der Waals surface area contributed by atoms with Gasteiger partial charge in [0, 0.05) is 59.8 Å². The van der Waals surface area contributed by atoms with Gasteiger partial charge in [-0.1, -0.05) is 23.7 Å². The van der Waals surface area contributed by atoms with Crippen LogP contribution in [0.1, 0.15) is 4.88 Å². The number of carbonyl (C=O) groups excluding carboxylic acids is 1. The van der Waals surface area contributed by atoms with Crippen molar-refractivity contribution in [3.63, 3.8) is 0 Å². The summed E-state index contributed by atoms with van der Waals surface area (Å²) in [6.45, 7) is 3.55. The second kappa shape index (κ2) is 8.99. The minimum Gasteiger partial charge on any atom is -0.339 e. The number of thiophene rings is 1. The first kappa shape index (κ1) is 20.6. The fraction of sp³-hybridized carbons (Fsp3) is 0.286. The molecule has 1 amide bonds. The summed E-state index contributed by atoms with van der Waals surface area (Å²) in [5, 5.41) is 0.729. The number of aromatic amines is 1. The first-order chi connectivity index (χ1) is 14.5. The number of hydrogen-bond donors (Lipinski definition) is 1. The van der Waals surface area contributed by atoms with Crippen LogP contribution >= 0.6 is 22.9 Å². The molecule has 156 valence electrons. The maximum Gasteiger partial charge on any atom is 0.328 e. The van der Waals surface area contributed by atoms with Crippen LogP contribution in [0.15, 0.2) is 58.3 Å². The van der Waals surface area contributed by atoms with Gasteiger partial charge in [0.05, 0.1) is 0 Å². The number of piperazine rings is 1. The minimum absolute atomic E-state index is 0.0659. The van der Waals surface area contributed by atoms with Crippen molar-refractivity contribution in [3.8, 4) is 10.4 Å². The predicted molar refractivity (Wildman–Crippen MR) is 118 cm³/mol. The molecule has 1 saturated heterocycles. The van der Waals surface area contributed by atoms with E-state index in [2.05, 4.69) is 28.1 Å². The van der Waals surface area contributed by atoms with Crippen LogP contribution in [-0.2, 0) is 17.9 Å². The maximum atomic E-state index is 12.5. The van der Waals surface area contributed by atoms with Crippen molar-refractivity contribution < 1.29 is 4.79 Å². The van der Waals surface area contributed by atoms with Gasteiger partial charge in [0.15, 0.2) is 0 Å². The van der Waals surface area contributed by atoms with Crippen LogP contribution in [0.25, 0.3) is 10.4 Å². The molecule has 3 aromatic rings. The number of nitrogens with one attached hydrogen (secondary N) is 1. The summed E-state index contributed by atoms with van der Waals surface area (Å²) in [4.78, 5) is 44.1. The number of hydrogen-bond acceptors (Lipinski definition) is 5. The molecule has 0 bridgehead atoms. The third-order valence-electron chi connectivity index (χ3n) is 5.08. The second-order valence-corrected chi connectivity index (χ2v) is 8.78. The van der Waals surface area contributed by atoms with E-state index in [0.29, 0.717) is 13.1 Å². The van der Waals surface area contributed by atoms with Crippen molar-refractivity contribution in [1.29, 1.82) is 0 Å². The lowest BCUT2D eigenvalue weighted by Crippen LogP contribution is -2.49. The zero-order chi connectivity index (χ0) is 21.1. The van der Waals surface area contributed by atoms with E-state index in [1.165, 1.54) is 26.6 Å². The first-order valence-corrected chi connectivity index (χ1v) is 10.8. The van der Waals surface area contributed by atoms with E-state index in [0.717, 1.165) is 30.2 Å². The van der Waals surface area contributed by atoms with E-state index in [-0.39, 0.29) is 12.5 Å². The number of amides is 1. The van der Waals surface area contributed by atoms with E-state index in [9.17, 15) is 14.4 Å². The zero-order valence-electron chi connectivity index (χ0n) is 16.2. The number of carbonyl (C=O) groups is 1. The number of aromatic nitrogens is 2. The Labute approximate surface area is 182 Å². The van der Waals surface area contributed by atoms with Crippen LogP contribution in [0, 0.1) is 0 Å². The summed E-state index contributed by atoms with van der Waals surface area (Å²) < 4.78 is 1.22. The molecule has 0 radical (unpaired) electrons. The molecule has 7 nitrogen and oxygen atoms in total. The number of halogens is 1.